The quantitative estimate of drug-likeness (QED) is 0.900. The maximum absolute atomic E-state index is 12.7. The zero-order valence-corrected chi connectivity index (χ0v) is 14.2. The van der Waals surface area contributed by atoms with Crippen LogP contribution >= 0.6 is 15.9 Å². The van der Waals surface area contributed by atoms with Gasteiger partial charge in [-0.3, -0.25) is 0 Å². The molecule has 0 spiro atoms. The molecule has 0 bridgehead atoms. The van der Waals surface area contributed by atoms with Gasteiger partial charge in [0.2, 0.25) is 10.0 Å². The van der Waals surface area contributed by atoms with E-state index in [1.807, 2.05) is 13.8 Å². The zero-order chi connectivity index (χ0) is 14.9. The van der Waals surface area contributed by atoms with E-state index in [1.54, 1.807) is 22.5 Å². The van der Waals surface area contributed by atoms with E-state index in [-0.39, 0.29) is 12.0 Å². The highest BCUT2D eigenvalue weighted by atomic mass is 79.9. The van der Waals surface area contributed by atoms with Crippen molar-refractivity contribution in [3.8, 4) is 0 Å². The summed E-state index contributed by atoms with van der Waals surface area (Å²) in [4.78, 5) is 0.364. The Labute approximate surface area is 129 Å². The highest BCUT2D eigenvalue weighted by Crippen LogP contribution is 2.27. The summed E-state index contributed by atoms with van der Waals surface area (Å²) in [5, 5.41) is 0. The van der Waals surface area contributed by atoms with Crippen LogP contribution in [0.5, 0.6) is 0 Å². The SMILES string of the molecule is Cc1cc(S(=O)(=O)N2CCCC(C(C)N)C2)ccc1Br. The van der Waals surface area contributed by atoms with Crippen LogP contribution in [-0.4, -0.2) is 31.9 Å². The molecule has 2 rings (SSSR count). The molecule has 2 atom stereocenters. The molecular weight excluding hydrogens is 340 g/mol. The Bertz CT molecular complexity index is 587. The van der Waals surface area contributed by atoms with Gasteiger partial charge in [-0.1, -0.05) is 15.9 Å². The van der Waals surface area contributed by atoms with E-state index < -0.39 is 10.0 Å². The van der Waals surface area contributed by atoms with E-state index in [0.717, 1.165) is 22.9 Å². The Balaban J connectivity index is 2.27. The first-order valence-electron chi connectivity index (χ1n) is 6.84. The second kappa shape index (κ2) is 6.13. The summed E-state index contributed by atoms with van der Waals surface area (Å²) >= 11 is 3.40. The molecule has 112 valence electrons. The molecule has 0 aromatic heterocycles. The fourth-order valence-electron chi connectivity index (χ4n) is 2.55. The maximum Gasteiger partial charge on any atom is 0.243 e. The minimum Gasteiger partial charge on any atom is -0.328 e. The predicted molar refractivity (Wildman–Crippen MR) is 84.0 cm³/mol. The Morgan fingerprint density at radius 2 is 2.15 bits per heavy atom. The highest BCUT2D eigenvalue weighted by Gasteiger charge is 2.31. The largest absolute Gasteiger partial charge is 0.328 e. The molecular formula is C14H21BrN2O2S. The van der Waals surface area contributed by atoms with Crippen molar-refractivity contribution in [2.75, 3.05) is 13.1 Å². The van der Waals surface area contributed by atoms with Gasteiger partial charge in [0.1, 0.15) is 0 Å². The van der Waals surface area contributed by atoms with Gasteiger partial charge in [0.15, 0.2) is 0 Å². The minimum atomic E-state index is -3.41. The molecule has 2 unspecified atom stereocenters. The van der Waals surface area contributed by atoms with Gasteiger partial charge in [0.05, 0.1) is 4.90 Å². The third kappa shape index (κ3) is 3.24. The van der Waals surface area contributed by atoms with E-state index in [9.17, 15) is 8.42 Å². The number of aryl methyl sites for hydroxylation is 1. The van der Waals surface area contributed by atoms with Crippen molar-refractivity contribution in [1.29, 1.82) is 0 Å². The average Bonchev–Trinajstić information content (AvgIpc) is 2.42. The molecule has 1 aromatic rings. The Morgan fingerprint density at radius 1 is 1.45 bits per heavy atom. The number of nitrogens with zero attached hydrogens (tertiary/aromatic N) is 1. The highest BCUT2D eigenvalue weighted by molar-refractivity contribution is 9.10. The first kappa shape index (κ1) is 15.9. The van der Waals surface area contributed by atoms with Gasteiger partial charge in [0, 0.05) is 23.6 Å². The van der Waals surface area contributed by atoms with Crippen LogP contribution in [0.25, 0.3) is 0 Å². The lowest BCUT2D eigenvalue weighted by atomic mass is 9.93. The number of halogens is 1. The van der Waals surface area contributed by atoms with Gasteiger partial charge in [-0.15, -0.1) is 0 Å². The number of piperidine rings is 1. The third-order valence-corrected chi connectivity index (χ3v) is 6.68. The van der Waals surface area contributed by atoms with Gasteiger partial charge in [0.25, 0.3) is 0 Å². The van der Waals surface area contributed by atoms with E-state index in [2.05, 4.69) is 15.9 Å². The molecule has 0 amide bonds. The van der Waals surface area contributed by atoms with E-state index >= 15 is 0 Å². The van der Waals surface area contributed by atoms with Crippen molar-refractivity contribution in [2.45, 2.75) is 37.6 Å². The number of hydrogen-bond acceptors (Lipinski definition) is 3. The van der Waals surface area contributed by atoms with E-state index in [4.69, 9.17) is 5.73 Å². The fourth-order valence-corrected chi connectivity index (χ4v) is 4.42. The van der Waals surface area contributed by atoms with Crippen molar-refractivity contribution in [3.63, 3.8) is 0 Å². The zero-order valence-electron chi connectivity index (χ0n) is 11.8. The molecule has 6 heteroatoms. The standard InChI is InChI=1S/C14H21BrN2O2S/c1-10-8-13(5-6-14(10)15)20(18,19)17-7-3-4-12(9-17)11(2)16/h5-6,8,11-12H,3-4,7,9,16H2,1-2H3. The van der Waals surface area contributed by atoms with Crippen LogP contribution in [0.15, 0.2) is 27.6 Å². The summed E-state index contributed by atoms with van der Waals surface area (Å²) < 4.78 is 27.9. The maximum atomic E-state index is 12.7. The van der Waals surface area contributed by atoms with Gasteiger partial charge in [-0.25, -0.2) is 8.42 Å². The van der Waals surface area contributed by atoms with Crippen LogP contribution in [0.2, 0.25) is 0 Å². The second-order valence-electron chi connectivity index (χ2n) is 5.54. The van der Waals surface area contributed by atoms with Gasteiger partial charge < -0.3 is 5.73 Å². The van der Waals surface area contributed by atoms with Crippen LogP contribution in [-0.2, 0) is 10.0 Å². The lowest BCUT2D eigenvalue weighted by Gasteiger charge is -2.33. The topological polar surface area (TPSA) is 63.4 Å². The number of rotatable bonds is 3. The van der Waals surface area contributed by atoms with Crippen molar-refractivity contribution in [2.24, 2.45) is 11.7 Å². The third-order valence-electron chi connectivity index (χ3n) is 3.93. The lowest BCUT2D eigenvalue weighted by Crippen LogP contribution is -2.44. The van der Waals surface area contributed by atoms with E-state index in [0.29, 0.717) is 18.0 Å². The van der Waals surface area contributed by atoms with Gasteiger partial charge in [-0.05, 0) is 56.4 Å². The van der Waals surface area contributed by atoms with Crippen LogP contribution in [0, 0.1) is 12.8 Å². The summed E-state index contributed by atoms with van der Waals surface area (Å²) in [6.07, 6.45) is 1.88. The number of sulfonamides is 1. The van der Waals surface area contributed by atoms with Crippen LogP contribution in [0.1, 0.15) is 25.3 Å². The molecule has 0 saturated carbocycles. The van der Waals surface area contributed by atoms with Gasteiger partial charge >= 0.3 is 0 Å². The van der Waals surface area contributed by atoms with Crippen molar-refractivity contribution in [1.82, 2.24) is 4.31 Å². The molecule has 0 aliphatic carbocycles. The molecule has 1 aliphatic heterocycles. The normalized spacial score (nSPS) is 22.7. The molecule has 2 N–H and O–H groups in total. The van der Waals surface area contributed by atoms with Crippen LogP contribution in [0.3, 0.4) is 0 Å². The number of benzene rings is 1. The number of hydrogen-bond donors (Lipinski definition) is 1. The summed E-state index contributed by atoms with van der Waals surface area (Å²) in [5.41, 5.74) is 6.85. The monoisotopic (exact) mass is 360 g/mol. The second-order valence-corrected chi connectivity index (χ2v) is 8.33. The predicted octanol–water partition coefficient (Wildman–Crippen LogP) is 2.51. The first-order chi connectivity index (χ1) is 9.32. The molecule has 1 saturated heterocycles. The minimum absolute atomic E-state index is 0.0275. The Hall–Kier alpha value is -0.430. The van der Waals surface area contributed by atoms with Crippen molar-refractivity contribution in [3.05, 3.63) is 28.2 Å². The molecule has 1 heterocycles. The summed E-state index contributed by atoms with van der Waals surface area (Å²) in [6, 6.07) is 5.19. The van der Waals surface area contributed by atoms with Crippen LogP contribution in [0.4, 0.5) is 0 Å². The molecule has 4 nitrogen and oxygen atoms in total. The molecule has 0 radical (unpaired) electrons. The first-order valence-corrected chi connectivity index (χ1v) is 9.07. The van der Waals surface area contributed by atoms with Crippen molar-refractivity contribution < 1.29 is 8.42 Å². The molecule has 20 heavy (non-hydrogen) atoms. The summed E-state index contributed by atoms with van der Waals surface area (Å²) in [7, 11) is -3.41. The fraction of sp³-hybridized carbons (Fsp3) is 0.571. The van der Waals surface area contributed by atoms with E-state index in [1.165, 1.54) is 0 Å². The van der Waals surface area contributed by atoms with Crippen molar-refractivity contribution >= 4 is 26.0 Å². The summed E-state index contributed by atoms with van der Waals surface area (Å²) in [5.74, 6) is 0.245. The van der Waals surface area contributed by atoms with Gasteiger partial charge in [-0.2, -0.15) is 4.31 Å². The summed E-state index contributed by atoms with van der Waals surface area (Å²) in [6.45, 7) is 4.95. The molecule has 1 fully saturated rings. The smallest absolute Gasteiger partial charge is 0.243 e. The molecule has 1 aliphatic rings. The lowest BCUT2D eigenvalue weighted by molar-refractivity contribution is 0.243. The Morgan fingerprint density at radius 3 is 2.75 bits per heavy atom. The molecule has 1 aromatic carbocycles. The Kier molecular flexibility index (Phi) is 4.89. The van der Waals surface area contributed by atoms with Crippen LogP contribution < -0.4 is 5.73 Å². The average molecular weight is 361 g/mol. The number of nitrogens with two attached hydrogens (primary N) is 1.